The quantitative estimate of drug-likeness (QED) is 0.454. The van der Waals surface area contributed by atoms with Gasteiger partial charge in [-0.2, -0.15) is 0 Å². The summed E-state index contributed by atoms with van der Waals surface area (Å²) in [6, 6.07) is 19.9. The Labute approximate surface area is 206 Å². The Morgan fingerprint density at radius 1 is 0.629 bits per heavy atom. The third-order valence-electron chi connectivity index (χ3n) is 6.54. The van der Waals surface area contributed by atoms with Gasteiger partial charge >= 0.3 is 0 Å². The second-order valence-corrected chi connectivity index (χ2v) is 10.2. The van der Waals surface area contributed by atoms with Crippen LogP contribution in [0.5, 0.6) is 0 Å². The summed E-state index contributed by atoms with van der Waals surface area (Å²) in [6.07, 6.45) is 0. The highest BCUT2D eigenvalue weighted by Gasteiger charge is 2.35. The maximum atomic E-state index is 13.3. The molecular formula is C28H22N4O2S. The van der Waals surface area contributed by atoms with Crippen LogP contribution in [0.3, 0.4) is 0 Å². The molecule has 6 nitrogen and oxygen atoms in total. The van der Waals surface area contributed by atoms with E-state index in [9.17, 15) is 9.59 Å². The van der Waals surface area contributed by atoms with E-state index < -0.39 is 0 Å². The topological polar surface area (TPSA) is 66.4 Å². The Bertz CT molecular complexity index is 1670. The van der Waals surface area contributed by atoms with Gasteiger partial charge < -0.3 is 0 Å². The minimum Gasteiger partial charge on any atom is -0.294 e. The van der Waals surface area contributed by atoms with Crippen LogP contribution in [0.1, 0.15) is 21.6 Å². The van der Waals surface area contributed by atoms with E-state index in [1.807, 2.05) is 55.5 Å². The van der Waals surface area contributed by atoms with Crippen LogP contribution in [0.25, 0.3) is 21.6 Å². The maximum absolute atomic E-state index is 13.3. The molecule has 7 heteroatoms. The molecular weight excluding hydrogens is 456 g/mol. The number of fused-ring (bicyclic) bond motifs is 2. The molecule has 0 bridgehead atoms. The van der Waals surface area contributed by atoms with Gasteiger partial charge in [0.25, 0.3) is 11.8 Å². The molecule has 6 rings (SSSR count). The zero-order valence-corrected chi connectivity index (χ0v) is 20.6. The number of amides is 2. The van der Waals surface area contributed by atoms with Crippen LogP contribution in [0, 0.1) is 13.8 Å². The number of thiophene rings is 1. The molecule has 0 aliphatic carbocycles. The van der Waals surface area contributed by atoms with Crippen molar-refractivity contribution in [2.24, 2.45) is 0 Å². The number of nitrogens with zero attached hydrogens (tertiary/aromatic N) is 4. The van der Waals surface area contributed by atoms with Crippen molar-refractivity contribution < 1.29 is 9.59 Å². The predicted octanol–water partition coefficient (Wildman–Crippen LogP) is 3.17. The average molecular weight is 479 g/mol. The zero-order chi connectivity index (χ0) is 24.4. The van der Waals surface area contributed by atoms with Crippen LogP contribution in [0.15, 0.2) is 60.7 Å². The molecule has 172 valence electrons. The number of aryl methyl sites for hydroxylation is 2. The molecule has 0 fully saturated rings. The number of hydrogen-bond acceptors (Lipinski definition) is 5. The van der Waals surface area contributed by atoms with Gasteiger partial charge in [0.1, 0.15) is 10.7 Å². The van der Waals surface area contributed by atoms with Crippen molar-refractivity contribution in [1.82, 2.24) is 9.97 Å². The number of benzene rings is 2. The number of carbonyl (C=O) groups is 2. The first-order valence-electron chi connectivity index (χ1n) is 11.3. The van der Waals surface area contributed by atoms with E-state index in [0.29, 0.717) is 33.5 Å². The number of aromatic nitrogens is 2. The molecule has 0 atom stereocenters. The summed E-state index contributed by atoms with van der Waals surface area (Å²) in [6.45, 7) is 4.09. The summed E-state index contributed by atoms with van der Waals surface area (Å²) in [4.78, 5) is 41.6. The number of likely N-dealkylation sites (N-methyl/N-ethyl adjacent to an activating group) is 2. The van der Waals surface area contributed by atoms with Crippen molar-refractivity contribution >= 4 is 45.9 Å². The lowest BCUT2D eigenvalue weighted by Gasteiger charge is -2.11. The lowest BCUT2D eigenvalue weighted by atomic mass is 10.0. The third-order valence-corrected chi connectivity index (χ3v) is 7.59. The van der Waals surface area contributed by atoms with Crippen LogP contribution in [0.4, 0.5) is 11.6 Å². The van der Waals surface area contributed by atoms with E-state index in [4.69, 9.17) is 9.97 Å². The Morgan fingerprint density at radius 2 is 1.09 bits per heavy atom. The number of carbonyl (C=O) groups excluding carboxylic acids is 2. The highest BCUT2D eigenvalue weighted by Crippen LogP contribution is 2.30. The van der Waals surface area contributed by atoms with Crippen molar-refractivity contribution in [2.75, 3.05) is 23.9 Å². The molecule has 0 radical (unpaired) electrons. The van der Waals surface area contributed by atoms with Gasteiger partial charge in [-0.05, 0) is 42.7 Å². The number of anilines is 2. The van der Waals surface area contributed by atoms with E-state index in [1.165, 1.54) is 19.6 Å². The van der Waals surface area contributed by atoms with Crippen molar-refractivity contribution in [1.29, 1.82) is 0 Å². The SMILES string of the molecule is Cc1ccc(C2=c3nc4c(nc3N(C)C2=O)=C(c2ccc(-c3ccc(C)s3)cc2)C(=O)N4C)cc1. The minimum absolute atomic E-state index is 0.154. The highest BCUT2D eigenvalue weighted by molar-refractivity contribution is 7.15. The summed E-state index contributed by atoms with van der Waals surface area (Å²) in [5, 5.41) is 1.00. The van der Waals surface area contributed by atoms with Crippen LogP contribution < -0.4 is 20.5 Å². The summed E-state index contributed by atoms with van der Waals surface area (Å²) >= 11 is 1.74. The van der Waals surface area contributed by atoms with E-state index in [2.05, 4.69) is 19.1 Å². The zero-order valence-electron chi connectivity index (χ0n) is 19.8. The molecule has 0 saturated heterocycles. The van der Waals surface area contributed by atoms with Gasteiger partial charge in [-0.15, -0.1) is 11.3 Å². The molecule has 2 aromatic carbocycles. The van der Waals surface area contributed by atoms with Crippen LogP contribution in [-0.2, 0) is 9.59 Å². The molecule has 4 aromatic rings. The Morgan fingerprint density at radius 3 is 1.54 bits per heavy atom. The molecule has 0 unspecified atom stereocenters. The average Bonchev–Trinajstić information content (AvgIpc) is 3.47. The Hall–Kier alpha value is -4.10. The molecule has 2 aliphatic rings. The second kappa shape index (κ2) is 7.71. The summed E-state index contributed by atoms with van der Waals surface area (Å²) < 4.78 is 0. The van der Waals surface area contributed by atoms with Gasteiger partial charge in [0, 0.05) is 23.8 Å². The largest absolute Gasteiger partial charge is 0.294 e. The monoisotopic (exact) mass is 478 g/mol. The van der Waals surface area contributed by atoms with E-state index in [0.717, 1.165) is 22.3 Å². The molecule has 0 saturated carbocycles. The van der Waals surface area contributed by atoms with Crippen molar-refractivity contribution in [3.05, 3.63) is 92.9 Å². The first-order valence-corrected chi connectivity index (χ1v) is 12.1. The molecule has 2 aromatic heterocycles. The molecule has 35 heavy (non-hydrogen) atoms. The summed E-state index contributed by atoms with van der Waals surface area (Å²) in [5.41, 5.74) is 4.78. The van der Waals surface area contributed by atoms with Gasteiger partial charge in [-0.25, -0.2) is 9.97 Å². The Kier molecular flexibility index (Phi) is 4.72. The molecule has 2 amide bonds. The van der Waals surface area contributed by atoms with Crippen LogP contribution in [0.2, 0.25) is 0 Å². The van der Waals surface area contributed by atoms with E-state index in [1.54, 1.807) is 25.4 Å². The smallest absolute Gasteiger partial charge is 0.262 e. The Balaban J connectivity index is 1.55. The van der Waals surface area contributed by atoms with E-state index >= 15 is 0 Å². The van der Waals surface area contributed by atoms with Crippen LogP contribution >= 0.6 is 11.3 Å². The standard InChI is InChI=1S/C28H22N4O2S/c1-15-5-8-18(9-6-15)21-23-25(31(3)27(21)33)30-24-22(28(34)32(4)26(24)29-23)19-12-10-17(11-13-19)20-14-7-16(2)35-20/h5-14H,1-4H3. The fourth-order valence-corrected chi connectivity index (χ4v) is 5.46. The molecule has 0 N–H and O–H groups in total. The highest BCUT2D eigenvalue weighted by atomic mass is 32.1. The fourth-order valence-electron chi connectivity index (χ4n) is 4.58. The number of rotatable bonds is 3. The van der Waals surface area contributed by atoms with Gasteiger partial charge in [-0.1, -0.05) is 54.1 Å². The molecule has 4 heterocycles. The lowest BCUT2D eigenvalue weighted by molar-refractivity contribution is -0.113. The van der Waals surface area contributed by atoms with Gasteiger partial charge in [0.2, 0.25) is 0 Å². The van der Waals surface area contributed by atoms with Crippen molar-refractivity contribution in [3.63, 3.8) is 0 Å². The molecule has 0 spiro atoms. The first-order chi connectivity index (χ1) is 16.8. The molecule has 2 aliphatic heterocycles. The van der Waals surface area contributed by atoms with Gasteiger partial charge in [0.15, 0.2) is 11.6 Å². The fraction of sp³-hybridized carbons (Fsp3) is 0.143. The summed E-state index contributed by atoms with van der Waals surface area (Å²) in [7, 11) is 3.39. The first kappa shape index (κ1) is 21.4. The van der Waals surface area contributed by atoms with Crippen LogP contribution in [-0.4, -0.2) is 35.9 Å². The second-order valence-electron chi connectivity index (χ2n) is 8.90. The van der Waals surface area contributed by atoms with Crippen molar-refractivity contribution in [2.45, 2.75) is 13.8 Å². The number of hydrogen-bond donors (Lipinski definition) is 0. The normalized spacial score (nSPS) is 14.7. The maximum Gasteiger partial charge on any atom is 0.262 e. The van der Waals surface area contributed by atoms with E-state index in [-0.39, 0.29) is 11.8 Å². The lowest BCUT2D eigenvalue weighted by Crippen LogP contribution is -2.29. The van der Waals surface area contributed by atoms with Crippen molar-refractivity contribution in [3.8, 4) is 10.4 Å². The third kappa shape index (κ3) is 3.23. The summed E-state index contributed by atoms with van der Waals surface area (Å²) in [5.74, 6) is 0.623. The van der Waals surface area contributed by atoms with Gasteiger partial charge in [-0.3, -0.25) is 19.4 Å². The minimum atomic E-state index is -0.158. The predicted molar refractivity (Wildman–Crippen MR) is 139 cm³/mol. The van der Waals surface area contributed by atoms with Gasteiger partial charge in [0.05, 0.1) is 11.1 Å².